The van der Waals surface area contributed by atoms with Crippen molar-refractivity contribution in [2.45, 2.75) is 20.8 Å². The van der Waals surface area contributed by atoms with E-state index in [-0.39, 0.29) is 5.82 Å². The van der Waals surface area contributed by atoms with Crippen LogP contribution in [0.5, 0.6) is 0 Å². The Morgan fingerprint density at radius 2 is 1.64 bits per heavy atom. The molecule has 3 rings (SSSR count). The Morgan fingerprint density at radius 3 is 2.24 bits per heavy atom. The number of aryl methyl sites for hydroxylation is 2. The van der Waals surface area contributed by atoms with E-state index >= 15 is 0 Å². The highest BCUT2D eigenvalue weighted by Crippen LogP contribution is 2.25. The van der Waals surface area contributed by atoms with Gasteiger partial charge in [0.2, 0.25) is 0 Å². The maximum absolute atomic E-state index is 13.1. The van der Waals surface area contributed by atoms with Crippen molar-refractivity contribution in [3.63, 3.8) is 0 Å². The van der Waals surface area contributed by atoms with E-state index in [2.05, 4.69) is 47.9 Å². The Bertz CT molecular complexity index is 969. The summed E-state index contributed by atoms with van der Waals surface area (Å²) >= 11 is 0. The van der Waals surface area contributed by atoms with Crippen LogP contribution in [0.2, 0.25) is 0 Å². The largest absolute Gasteiger partial charge is 0.318 e. The van der Waals surface area contributed by atoms with Gasteiger partial charge in [-0.3, -0.25) is 0 Å². The minimum Gasteiger partial charge on any atom is -0.318 e. The quantitative estimate of drug-likeness (QED) is 0.574. The van der Waals surface area contributed by atoms with Crippen LogP contribution in [0.15, 0.2) is 54.6 Å². The zero-order valence-corrected chi connectivity index (χ0v) is 14.5. The number of nitriles is 1. The van der Waals surface area contributed by atoms with Gasteiger partial charge in [0.15, 0.2) is 0 Å². The molecule has 0 aliphatic heterocycles. The lowest BCUT2D eigenvalue weighted by molar-refractivity contribution is 0.627. The maximum Gasteiger partial charge on any atom is 0.123 e. The predicted molar refractivity (Wildman–Crippen MR) is 99.9 cm³/mol. The summed E-state index contributed by atoms with van der Waals surface area (Å²) in [4.78, 5) is 0. The van der Waals surface area contributed by atoms with E-state index < -0.39 is 0 Å². The van der Waals surface area contributed by atoms with E-state index in [1.54, 1.807) is 12.1 Å². The highest BCUT2D eigenvalue weighted by molar-refractivity contribution is 5.90. The summed E-state index contributed by atoms with van der Waals surface area (Å²) in [5, 5.41) is 9.51. The van der Waals surface area contributed by atoms with Crippen LogP contribution in [-0.4, -0.2) is 4.57 Å². The third-order valence-corrected chi connectivity index (χ3v) is 4.34. The average molecular weight is 330 g/mol. The van der Waals surface area contributed by atoms with Gasteiger partial charge in [0.25, 0.3) is 0 Å². The summed E-state index contributed by atoms with van der Waals surface area (Å²) in [5.41, 5.74) is 6.70. The molecule has 2 aromatic carbocycles. The van der Waals surface area contributed by atoms with Crippen LogP contribution in [0.3, 0.4) is 0 Å². The van der Waals surface area contributed by atoms with Crippen LogP contribution in [0.1, 0.15) is 28.1 Å². The Labute approximate surface area is 147 Å². The molecule has 0 saturated heterocycles. The summed E-state index contributed by atoms with van der Waals surface area (Å²) in [6.45, 7) is 6.15. The van der Waals surface area contributed by atoms with Crippen molar-refractivity contribution >= 4 is 11.6 Å². The molecule has 1 heterocycles. The number of hydrogen-bond acceptors (Lipinski definition) is 1. The summed E-state index contributed by atoms with van der Waals surface area (Å²) in [7, 11) is 0. The molecular formula is C22H19FN2. The van der Waals surface area contributed by atoms with Crippen molar-refractivity contribution in [1.29, 1.82) is 5.26 Å². The first-order chi connectivity index (χ1) is 12.0. The fraction of sp³-hybridized carbons (Fsp3) is 0.136. The maximum atomic E-state index is 13.1. The third-order valence-electron chi connectivity index (χ3n) is 4.34. The summed E-state index contributed by atoms with van der Waals surface area (Å²) in [6, 6.07) is 18.6. The zero-order valence-electron chi connectivity index (χ0n) is 14.5. The van der Waals surface area contributed by atoms with Crippen LogP contribution in [0, 0.1) is 37.9 Å². The molecule has 0 fully saturated rings. The van der Waals surface area contributed by atoms with Gasteiger partial charge >= 0.3 is 0 Å². The number of aromatic nitrogens is 1. The molecule has 0 radical (unpaired) electrons. The Kier molecular flexibility index (Phi) is 4.54. The number of halogens is 1. The van der Waals surface area contributed by atoms with Gasteiger partial charge in [0, 0.05) is 17.1 Å². The van der Waals surface area contributed by atoms with Gasteiger partial charge in [-0.15, -0.1) is 0 Å². The molecule has 3 heteroatoms. The minimum absolute atomic E-state index is 0.307. The molecule has 0 spiro atoms. The van der Waals surface area contributed by atoms with E-state index in [9.17, 15) is 9.65 Å². The SMILES string of the molecule is Cc1ccc(-n2c(C)cc(/C=C(\C#N)c3ccc(F)cc3)c2C)cc1. The van der Waals surface area contributed by atoms with E-state index in [4.69, 9.17) is 0 Å². The smallest absolute Gasteiger partial charge is 0.123 e. The second-order valence-electron chi connectivity index (χ2n) is 6.17. The van der Waals surface area contributed by atoms with Crippen LogP contribution < -0.4 is 0 Å². The lowest BCUT2D eigenvalue weighted by Gasteiger charge is -2.10. The van der Waals surface area contributed by atoms with Crippen LogP contribution >= 0.6 is 0 Å². The third kappa shape index (κ3) is 3.39. The second-order valence-corrected chi connectivity index (χ2v) is 6.17. The van der Waals surface area contributed by atoms with Crippen LogP contribution in [0.4, 0.5) is 4.39 Å². The minimum atomic E-state index is -0.307. The molecule has 0 N–H and O–H groups in total. The van der Waals surface area contributed by atoms with Gasteiger partial charge in [-0.05, 0) is 68.3 Å². The van der Waals surface area contributed by atoms with E-state index in [0.29, 0.717) is 11.1 Å². The first kappa shape index (κ1) is 16.7. The second kappa shape index (κ2) is 6.78. The number of nitrogens with zero attached hydrogens (tertiary/aromatic N) is 2. The van der Waals surface area contributed by atoms with Gasteiger partial charge in [-0.25, -0.2) is 4.39 Å². The van der Waals surface area contributed by atoms with Gasteiger partial charge in [-0.1, -0.05) is 29.8 Å². The molecule has 2 nitrogen and oxygen atoms in total. The predicted octanol–water partition coefficient (Wildman–Crippen LogP) is 5.61. The molecule has 0 aliphatic rings. The van der Waals surface area contributed by atoms with E-state index in [1.807, 2.05) is 19.9 Å². The number of hydrogen-bond donors (Lipinski definition) is 0. The standard InChI is InChI=1S/C22H19FN2/c1-15-4-10-22(11-5-15)25-16(2)12-19(17(25)3)13-20(14-24)18-6-8-21(23)9-7-18/h4-13H,1-3H3/b20-13+. The number of rotatable bonds is 3. The number of allylic oxidation sites excluding steroid dienone is 1. The highest BCUT2D eigenvalue weighted by Gasteiger charge is 2.11. The topological polar surface area (TPSA) is 28.7 Å². The highest BCUT2D eigenvalue weighted by atomic mass is 19.1. The van der Waals surface area contributed by atoms with Gasteiger partial charge in [-0.2, -0.15) is 5.26 Å². The Hall–Kier alpha value is -3.12. The fourth-order valence-corrected chi connectivity index (χ4v) is 2.99. The summed E-state index contributed by atoms with van der Waals surface area (Å²) in [5.74, 6) is -0.307. The van der Waals surface area contributed by atoms with Crippen molar-refractivity contribution in [2.24, 2.45) is 0 Å². The summed E-state index contributed by atoms with van der Waals surface area (Å²) < 4.78 is 15.3. The lowest BCUT2D eigenvalue weighted by atomic mass is 10.0. The van der Waals surface area contributed by atoms with Crippen molar-refractivity contribution < 1.29 is 4.39 Å². The van der Waals surface area contributed by atoms with Crippen molar-refractivity contribution in [3.05, 3.63) is 88.5 Å². The van der Waals surface area contributed by atoms with E-state index in [0.717, 1.165) is 22.6 Å². The zero-order chi connectivity index (χ0) is 18.0. The Balaban J connectivity index is 2.06. The van der Waals surface area contributed by atoms with Crippen molar-refractivity contribution in [2.75, 3.05) is 0 Å². The molecule has 0 unspecified atom stereocenters. The molecule has 0 atom stereocenters. The Morgan fingerprint density at radius 1 is 1.00 bits per heavy atom. The van der Waals surface area contributed by atoms with Crippen LogP contribution in [-0.2, 0) is 0 Å². The lowest BCUT2D eigenvalue weighted by Crippen LogP contribution is -1.98. The molecule has 25 heavy (non-hydrogen) atoms. The van der Waals surface area contributed by atoms with Crippen LogP contribution in [0.25, 0.3) is 17.3 Å². The van der Waals surface area contributed by atoms with Crippen molar-refractivity contribution in [3.8, 4) is 11.8 Å². The molecule has 0 bridgehead atoms. The first-order valence-corrected chi connectivity index (χ1v) is 8.13. The normalized spacial score (nSPS) is 11.4. The van der Waals surface area contributed by atoms with Crippen molar-refractivity contribution in [1.82, 2.24) is 4.57 Å². The average Bonchev–Trinajstić information content (AvgIpc) is 2.88. The molecule has 0 aliphatic carbocycles. The molecule has 124 valence electrons. The molecule has 3 aromatic rings. The van der Waals surface area contributed by atoms with Gasteiger partial charge in [0.05, 0.1) is 11.6 Å². The summed E-state index contributed by atoms with van der Waals surface area (Å²) in [6.07, 6.45) is 1.86. The monoisotopic (exact) mass is 330 g/mol. The molecule has 0 amide bonds. The van der Waals surface area contributed by atoms with Gasteiger partial charge < -0.3 is 4.57 Å². The molecular weight excluding hydrogens is 311 g/mol. The van der Waals surface area contributed by atoms with E-state index in [1.165, 1.54) is 17.7 Å². The number of benzene rings is 2. The molecule has 0 saturated carbocycles. The first-order valence-electron chi connectivity index (χ1n) is 8.13. The fourth-order valence-electron chi connectivity index (χ4n) is 2.99. The van der Waals surface area contributed by atoms with Gasteiger partial charge in [0.1, 0.15) is 5.82 Å². The molecule has 1 aromatic heterocycles.